The Hall–Kier alpha value is -2.08. The van der Waals surface area contributed by atoms with Crippen LogP contribution < -0.4 is 5.32 Å². The summed E-state index contributed by atoms with van der Waals surface area (Å²) in [5, 5.41) is 11.6. The minimum atomic E-state index is -1.22. The van der Waals surface area contributed by atoms with Crippen molar-refractivity contribution in [1.82, 2.24) is 5.32 Å². The second kappa shape index (κ2) is 7.49. The third-order valence-corrected chi connectivity index (χ3v) is 2.85. The molecule has 0 aliphatic heterocycles. The maximum atomic E-state index is 11.9. The molecule has 0 fully saturated rings. The van der Waals surface area contributed by atoms with E-state index in [4.69, 9.17) is 16.7 Å². The third-order valence-electron chi connectivity index (χ3n) is 2.60. The number of carbonyl (C=O) groups excluding carboxylic acids is 2. The van der Waals surface area contributed by atoms with E-state index in [0.29, 0.717) is 10.6 Å². The zero-order valence-corrected chi connectivity index (χ0v) is 11.5. The summed E-state index contributed by atoms with van der Waals surface area (Å²) in [5.74, 6) is -1.45. The van der Waals surface area contributed by atoms with Gasteiger partial charge in [-0.3, -0.25) is 4.79 Å². The first-order chi connectivity index (χ1) is 9.43. The number of aliphatic carboxylic acids is 1. The van der Waals surface area contributed by atoms with Crippen molar-refractivity contribution >= 4 is 29.4 Å². The van der Waals surface area contributed by atoms with Gasteiger partial charge in [-0.15, -0.1) is 0 Å². The lowest BCUT2D eigenvalue weighted by molar-refractivity contribution is -0.139. The number of methoxy groups -OCH3 is 1. The summed E-state index contributed by atoms with van der Waals surface area (Å²) >= 11 is 5.71. The van der Waals surface area contributed by atoms with Crippen LogP contribution in [-0.4, -0.2) is 36.1 Å². The van der Waals surface area contributed by atoms with Gasteiger partial charge in [-0.1, -0.05) is 11.6 Å². The molecule has 7 heteroatoms. The molecule has 0 radical (unpaired) electrons. The van der Waals surface area contributed by atoms with Crippen LogP contribution in [0.1, 0.15) is 23.2 Å². The third kappa shape index (κ3) is 4.89. The van der Waals surface area contributed by atoms with Crippen LogP contribution in [-0.2, 0) is 9.53 Å². The van der Waals surface area contributed by atoms with Gasteiger partial charge < -0.3 is 15.2 Å². The maximum absolute atomic E-state index is 11.9. The summed E-state index contributed by atoms with van der Waals surface area (Å²) in [6, 6.07) is 5.12. The Kier molecular flexibility index (Phi) is 5.99. The fourth-order valence-corrected chi connectivity index (χ4v) is 1.64. The van der Waals surface area contributed by atoms with Crippen LogP contribution in [0.4, 0.5) is 4.79 Å². The molecule has 2 N–H and O–H groups in total. The van der Waals surface area contributed by atoms with Gasteiger partial charge in [-0.2, -0.15) is 0 Å². The van der Waals surface area contributed by atoms with Crippen molar-refractivity contribution < 1.29 is 24.2 Å². The van der Waals surface area contributed by atoms with Crippen LogP contribution >= 0.6 is 11.6 Å². The fourth-order valence-electron chi connectivity index (χ4n) is 1.51. The predicted octanol–water partition coefficient (Wildman–Crippen LogP) is 2.11. The Morgan fingerprint density at radius 2 is 1.90 bits per heavy atom. The second-order valence-electron chi connectivity index (χ2n) is 4.00. The average molecular weight is 300 g/mol. The average Bonchev–Trinajstić information content (AvgIpc) is 2.43. The summed E-state index contributed by atoms with van der Waals surface area (Å²) in [6.07, 6.45) is -0.884. The molecule has 0 aliphatic carbocycles. The van der Waals surface area contributed by atoms with Gasteiger partial charge in [-0.05, 0) is 30.7 Å². The number of hydrogen-bond acceptors (Lipinski definition) is 4. The van der Waals surface area contributed by atoms with E-state index in [2.05, 4.69) is 10.1 Å². The summed E-state index contributed by atoms with van der Waals surface area (Å²) in [6.45, 7) is 0. The van der Waals surface area contributed by atoms with Gasteiger partial charge in [0.15, 0.2) is 5.78 Å². The predicted molar refractivity (Wildman–Crippen MR) is 72.0 cm³/mol. The molecule has 1 amide bonds. The Balaban J connectivity index is 2.58. The Morgan fingerprint density at radius 1 is 1.30 bits per heavy atom. The molecule has 0 aliphatic rings. The molecular weight excluding hydrogens is 286 g/mol. The molecule has 1 aromatic carbocycles. The molecule has 1 aromatic rings. The van der Waals surface area contributed by atoms with E-state index in [1.54, 1.807) is 24.3 Å². The first kappa shape index (κ1) is 16.0. The number of benzene rings is 1. The van der Waals surface area contributed by atoms with Crippen LogP contribution in [0.3, 0.4) is 0 Å². The number of carboxylic acid groups (broad SMARTS) is 1. The molecule has 0 saturated heterocycles. The maximum Gasteiger partial charge on any atom is 0.407 e. The molecule has 0 spiro atoms. The lowest BCUT2D eigenvalue weighted by atomic mass is 10.0. The number of nitrogens with one attached hydrogen (secondary N) is 1. The highest BCUT2D eigenvalue weighted by atomic mass is 35.5. The van der Waals surface area contributed by atoms with Crippen LogP contribution in [0.2, 0.25) is 5.02 Å². The van der Waals surface area contributed by atoms with Gasteiger partial charge in [0.2, 0.25) is 0 Å². The van der Waals surface area contributed by atoms with Crippen LogP contribution in [0.25, 0.3) is 0 Å². The van der Waals surface area contributed by atoms with Crippen molar-refractivity contribution in [1.29, 1.82) is 0 Å². The van der Waals surface area contributed by atoms with E-state index in [-0.39, 0.29) is 18.6 Å². The molecule has 1 atom stereocenters. The highest BCUT2D eigenvalue weighted by Gasteiger charge is 2.21. The van der Waals surface area contributed by atoms with Crippen LogP contribution in [0.5, 0.6) is 0 Å². The summed E-state index contributed by atoms with van der Waals surface area (Å²) < 4.78 is 4.32. The van der Waals surface area contributed by atoms with Gasteiger partial charge in [-0.25, -0.2) is 9.59 Å². The van der Waals surface area contributed by atoms with Gasteiger partial charge in [0.25, 0.3) is 0 Å². The van der Waals surface area contributed by atoms with E-state index >= 15 is 0 Å². The van der Waals surface area contributed by atoms with Crippen LogP contribution in [0, 0.1) is 0 Å². The number of carboxylic acids is 1. The zero-order valence-electron chi connectivity index (χ0n) is 10.8. The summed E-state index contributed by atoms with van der Waals surface area (Å²) in [5.41, 5.74) is 0.441. The first-order valence-corrected chi connectivity index (χ1v) is 6.18. The van der Waals surface area contributed by atoms with Crippen molar-refractivity contribution in [3.63, 3.8) is 0 Å². The molecule has 1 unspecified atom stereocenters. The van der Waals surface area contributed by atoms with Crippen molar-refractivity contribution in [2.45, 2.75) is 18.9 Å². The fraction of sp³-hybridized carbons (Fsp3) is 0.308. The highest BCUT2D eigenvalue weighted by Crippen LogP contribution is 2.12. The molecule has 108 valence electrons. The van der Waals surface area contributed by atoms with E-state index in [9.17, 15) is 14.4 Å². The molecule has 20 heavy (non-hydrogen) atoms. The van der Waals surface area contributed by atoms with Crippen molar-refractivity contribution in [3.8, 4) is 0 Å². The van der Waals surface area contributed by atoms with Crippen molar-refractivity contribution in [2.24, 2.45) is 0 Å². The highest BCUT2D eigenvalue weighted by molar-refractivity contribution is 6.30. The van der Waals surface area contributed by atoms with Gasteiger partial charge in [0.1, 0.15) is 6.04 Å². The SMILES string of the molecule is COC(=O)NC(CCC(=O)c1ccc(Cl)cc1)C(=O)O. The number of amides is 1. The standard InChI is InChI=1S/C13H14ClNO5/c1-20-13(19)15-10(12(17)18)6-7-11(16)8-2-4-9(14)5-3-8/h2-5,10H,6-7H2,1H3,(H,15,19)(H,17,18). The van der Waals surface area contributed by atoms with Gasteiger partial charge in [0.05, 0.1) is 7.11 Å². The number of hydrogen-bond donors (Lipinski definition) is 2. The molecular formula is C13H14ClNO5. The topological polar surface area (TPSA) is 92.7 Å². The largest absolute Gasteiger partial charge is 0.480 e. The van der Waals surface area contributed by atoms with Crippen molar-refractivity contribution in [2.75, 3.05) is 7.11 Å². The number of Topliss-reactive ketones (excluding diaryl/α,β-unsaturated/α-hetero) is 1. The van der Waals surface area contributed by atoms with E-state index < -0.39 is 18.1 Å². The Bertz CT molecular complexity index is 500. The second-order valence-corrected chi connectivity index (χ2v) is 4.43. The van der Waals surface area contributed by atoms with Crippen LogP contribution in [0.15, 0.2) is 24.3 Å². The van der Waals surface area contributed by atoms with Gasteiger partial charge in [0, 0.05) is 17.0 Å². The van der Waals surface area contributed by atoms with E-state index in [0.717, 1.165) is 7.11 Å². The quantitative estimate of drug-likeness (QED) is 0.785. The smallest absolute Gasteiger partial charge is 0.407 e. The molecule has 0 aromatic heterocycles. The van der Waals surface area contributed by atoms with E-state index in [1.165, 1.54) is 0 Å². The Labute approximate surface area is 120 Å². The number of ketones is 1. The number of alkyl carbamates (subject to hydrolysis) is 1. The Morgan fingerprint density at radius 3 is 2.40 bits per heavy atom. The molecule has 0 bridgehead atoms. The zero-order chi connectivity index (χ0) is 15.1. The normalized spacial score (nSPS) is 11.5. The summed E-state index contributed by atoms with van der Waals surface area (Å²) in [4.78, 5) is 33.8. The number of ether oxygens (including phenoxy) is 1. The number of carbonyl (C=O) groups is 3. The molecule has 1 rings (SSSR count). The lowest BCUT2D eigenvalue weighted by Crippen LogP contribution is -2.41. The lowest BCUT2D eigenvalue weighted by Gasteiger charge is -2.12. The molecule has 0 saturated carbocycles. The molecule has 0 heterocycles. The van der Waals surface area contributed by atoms with E-state index in [1.807, 2.05) is 0 Å². The minimum absolute atomic E-state index is 0.0113. The van der Waals surface area contributed by atoms with Gasteiger partial charge >= 0.3 is 12.1 Å². The summed E-state index contributed by atoms with van der Waals surface area (Å²) in [7, 11) is 1.13. The number of rotatable bonds is 6. The minimum Gasteiger partial charge on any atom is -0.480 e. The first-order valence-electron chi connectivity index (χ1n) is 5.80. The van der Waals surface area contributed by atoms with Crippen molar-refractivity contribution in [3.05, 3.63) is 34.9 Å². The number of halogens is 1. The monoisotopic (exact) mass is 299 g/mol. The molecule has 6 nitrogen and oxygen atoms in total.